The van der Waals surface area contributed by atoms with Crippen LogP contribution in [0.1, 0.15) is 28.3 Å². The standard InChI is InChI=1S/C17H15BrN2OS/c1-11(16-19-14-5-3-4-6-15(14)22-16)20(2)17(21)12-7-9-13(18)10-8-12/h3-11H,1-2H3/t11-/m0/s1. The number of aromatic nitrogens is 1. The normalized spacial score (nSPS) is 12.3. The molecule has 0 saturated heterocycles. The molecule has 22 heavy (non-hydrogen) atoms. The molecule has 0 saturated carbocycles. The monoisotopic (exact) mass is 374 g/mol. The van der Waals surface area contributed by atoms with E-state index in [2.05, 4.69) is 27.0 Å². The number of carbonyl (C=O) groups is 1. The lowest BCUT2D eigenvalue weighted by Gasteiger charge is -2.23. The van der Waals surface area contributed by atoms with Gasteiger partial charge >= 0.3 is 0 Å². The highest BCUT2D eigenvalue weighted by Crippen LogP contribution is 2.29. The van der Waals surface area contributed by atoms with Crippen LogP contribution >= 0.6 is 27.3 Å². The van der Waals surface area contributed by atoms with Crippen LogP contribution in [0.3, 0.4) is 0 Å². The van der Waals surface area contributed by atoms with Crippen molar-refractivity contribution in [1.82, 2.24) is 9.88 Å². The van der Waals surface area contributed by atoms with Gasteiger partial charge in [0.1, 0.15) is 5.01 Å². The lowest BCUT2D eigenvalue weighted by molar-refractivity contribution is 0.0742. The highest BCUT2D eigenvalue weighted by atomic mass is 79.9. The molecule has 0 unspecified atom stereocenters. The summed E-state index contributed by atoms with van der Waals surface area (Å²) in [5, 5.41) is 0.953. The van der Waals surface area contributed by atoms with Crippen LogP contribution < -0.4 is 0 Å². The number of benzene rings is 2. The number of nitrogens with zero attached hydrogens (tertiary/aromatic N) is 2. The van der Waals surface area contributed by atoms with Gasteiger partial charge in [-0.05, 0) is 43.3 Å². The molecule has 3 nitrogen and oxygen atoms in total. The average molecular weight is 375 g/mol. The van der Waals surface area contributed by atoms with Crippen molar-refractivity contribution in [2.24, 2.45) is 0 Å². The Morgan fingerprint density at radius 1 is 1.18 bits per heavy atom. The molecule has 2 aromatic carbocycles. The molecule has 5 heteroatoms. The van der Waals surface area contributed by atoms with Crippen LogP contribution in [0.25, 0.3) is 10.2 Å². The molecule has 1 heterocycles. The molecule has 0 N–H and O–H groups in total. The summed E-state index contributed by atoms with van der Waals surface area (Å²) >= 11 is 5.02. The van der Waals surface area contributed by atoms with Crippen LogP contribution in [0.5, 0.6) is 0 Å². The smallest absolute Gasteiger partial charge is 0.254 e. The number of hydrogen-bond donors (Lipinski definition) is 0. The van der Waals surface area contributed by atoms with Crippen molar-refractivity contribution in [3.8, 4) is 0 Å². The molecule has 0 aliphatic heterocycles. The molecule has 0 fully saturated rings. The van der Waals surface area contributed by atoms with Gasteiger partial charge in [-0.2, -0.15) is 0 Å². The Bertz CT molecular complexity index is 780. The molecule has 1 atom stereocenters. The van der Waals surface area contributed by atoms with E-state index in [9.17, 15) is 4.79 Å². The molecular weight excluding hydrogens is 360 g/mol. The van der Waals surface area contributed by atoms with Gasteiger partial charge in [-0.15, -0.1) is 11.3 Å². The molecule has 3 rings (SSSR count). The first-order chi connectivity index (χ1) is 10.6. The average Bonchev–Trinajstić information content (AvgIpc) is 2.97. The fraction of sp³-hybridized carbons (Fsp3) is 0.176. The number of amides is 1. The zero-order valence-electron chi connectivity index (χ0n) is 12.3. The maximum Gasteiger partial charge on any atom is 0.254 e. The van der Waals surface area contributed by atoms with Gasteiger partial charge in [-0.3, -0.25) is 4.79 Å². The summed E-state index contributed by atoms with van der Waals surface area (Å²) in [5.74, 6) is -0.000689. The number of fused-ring (bicyclic) bond motifs is 1. The van der Waals surface area contributed by atoms with Crippen molar-refractivity contribution in [2.75, 3.05) is 7.05 Å². The van der Waals surface area contributed by atoms with Crippen molar-refractivity contribution in [1.29, 1.82) is 0 Å². The number of carbonyl (C=O) groups excluding carboxylic acids is 1. The summed E-state index contributed by atoms with van der Waals surface area (Å²) in [6.07, 6.45) is 0. The van der Waals surface area contributed by atoms with Crippen LogP contribution in [0, 0.1) is 0 Å². The quantitative estimate of drug-likeness (QED) is 0.653. The molecule has 0 aliphatic rings. The summed E-state index contributed by atoms with van der Waals surface area (Å²) in [4.78, 5) is 19.0. The molecule has 0 spiro atoms. The van der Waals surface area contributed by atoms with Crippen molar-refractivity contribution in [3.05, 3.63) is 63.6 Å². The van der Waals surface area contributed by atoms with Crippen LogP contribution in [-0.2, 0) is 0 Å². The fourth-order valence-corrected chi connectivity index (χ4v) is 3.53. The second-order valence-electron chi connectivity index (χ2n) is 5.12. The van der Waals surface area contributed by atoms with E-state index in [1.165, 1.54) is 0 Å². The maximum atomic E-state index is 12.6. The van der Waals surface area contributed by atoms with E-state index in [1.54, 1.807) is 16.2 Å². The molecule has 0 bridgehead atoms. The fourth-order valence-electron chi connectivity index (χ4n) is 2.21. The van der Waals surface area contributed by atoms with Gasteiger partial charge in [0.25, 0.3) is 5.91 Å². The topological polar surface area (TPSA) is 33.2 Å². The summed E-state index contributed by atoms with van der Waals surface area (Å²) < 4.78 is 2.11. The van der Waals surface area contributed by atoms with E-state index < -0.39 is 0 Å². The van der Waals surface area contributed by atoms with Crippen molar-refractivity contribution in [2.45, 2.75) is 13.0 Å². The number of rotatable bonds is 3. The van der Waals surface area contributed by atoms with Crippen molar-refractivity contribution < 1.29 is 4.79 Å². The molecule has 112 valence electrons. The Morgan fingerprint density at radius 2 is 1.86 bits per heavy atom. The van der Waals surface area contributed by atoms with Crippen LogP contribution in [0.4, 0.5) is 0 Å². The predicted octanol–water partition coefficient (Wildman–Crippen LogP) is 4.89. The lowest BCUT2D eigenvalue weighted by Crippen LogP contribution is -2.29. The highest BCUT2D eigenvalue weighted by molar-refractivity contribution is 9.10. The first kappa shape index (κ1) is 15.2. The minimum atomic E-state index is -0.0615. The Kier molecular flexibility index (Phi) is 4.27. The number of para-hydroxylation sites is 1. The first-order valence-corrected chi connectivity index (χ1v) is 8.55. The largest absolute Gasteiger partial charge is 0.333 e. The Morgan fingerprint density at radius 3 is 2.55 bits per heavy atom. The second kappa shape index (κ2) is 6.18. The van der Waals surface area contributed by atoms with Gasteiger partial charge in [0, 0.05) is 17.1 Å². The Hall–Kier alpha value is -1.72. The van der Waals surface area contributed by atoms with E-state index in [0.717, 1.165) is 19.7 Å². The predicted molar refractivity (Wildman–Crippen MR) is 94.3 cm³/mol. The van der Waals surface area contributed by atoms with Crippen LogP contribution in [0.15, 0.2) is 53.0 Å². The van der Waals surface area contributed by atoms with E-state index >= 15 is 0 Å². The molecule has 0 aliphatic carbocycles. The Labute approximate surface area is 141 Å². The van der Waals surface area contributed by atoms with Gasteiger partial charge in [-0.1, -0.05) is 28.1 Å². The zero-order valence-corrected chi connectivity index (χ0v) is 14.7. The van der Waals surface area contributed by atoms with E-state index in [0.29, 0.717) is 5.56 Å². The van der Waals surface area contributed by atoms with Crippen LogP contribution in [-0.4, -0.2) is 22.8 Å². The van der Waals surface area contributed by atoms with Gasteiger partial charge in [0.15, 0.2) is 0 Å². The zero-order chi connectivity index (χ0) is 15.7. The van der Waals surface area contributed by atoms with Crippen LogP contribution in [0.2, 0.25) is 0 Å². The number of halogens is 1. The third kappa shape index (κ3) is 2.91. The minimum Gasteiger partial charge on any atom is -0.333 e. The first-order valence-electron chi connectivity index (χ1n) is 6.94. The summed E-state index contributed by atoms with van der Waals surface area (Å²) in [6.45, 7) is 2.01. The number of thiazole rings is 1. The maximum absolute atomic E-state index is 12.6. The SMILES string of the molecule is C[C@@H](c1nc2ccccc2s1)N(C)C(=O)c1ccc(Br)cc1. The van der Waals surface area contributed by atoms with E-state index in [-0.39, 0.29) is 11.9 Å². The van der Waals surface area contributed by atoms with E-state index in [4.69, 9.17) is 0 Å². The summed E-state index contributed by atoms with van der Waals surface area (Å²) in [6, 6.07) is 15.4. The van der Waals surface area contributed by atoms with E-state index in [1.807, 2.05) is 56.4 Å². The molecular formula is C17H15BrN2OS. The van der Waals surface area contributed by atoms with Crippen molar-refractivity contribution in [3.63, 3.8) is 0 Å². The molecule has 1 aromatic heterocycles. The molecule has 0 radical (unpaired) electrons. The summed E-state index contributed by atoms with van der Waals surface area (Å²) in [5.41, 5.74) is 1.66. The molecule has 1 amide bonds. The van der Waals surface area contributed by atoms with Crippen molar-refractivity contribution >= 4 is 43.4 Å². The number of hydrogen-bond acceptors (Lipinski definition) is 3. The van der Waals surface area contributed by atoms with Gasteiger partial charge in [-0.25, -0.2) is 4.98 Å². The molecule has 3 aromatic rings. The third-order valence-electron chi connectivity index (χ3n) is 3.66. The third-order valence-corrected chi connectivity index (χ3v) is 5.40. The van der Waals surface area contributed by atoms with Gasteiger partial charge < -0.3 is 4.90 Å². The van der Waals surface area contributed by atoms with Gasteiger partial charge in [0.2, 0.25) is 0 Å². The Balaban J connectivity index is 1.85. The minimum absolute atomic E-state index is 0.000689. The summed E-state index contributed by atoms with van der Waals surface area (Å²) in [7, 11) is 1.82. The second-order valence-corrected chi connectivity index (χ2v) is 7.10. The van der Waals surface area contributed by atoms with Gasteiger partial charge in [0.05, 0.1) is 16.3 Å². The highest BCUT2D eigenvalue weighted by Gasteiger charge is 2.21. The lowest BCUT2D eigenvalue weighted by atomic mass is 10.2.